The highest BCUT2D eigenvalue weighted by atomic mass is 19.4. The maximum atomic E-state index is 12.7. The fourth-order valence-corrected chi connectivity index (χ4v) is 1.99. The zero-order valence-corrected chi connectivity index (χ0v) is 11.1. The summed E-state index contributed by atoms with van der Waals surface area (Å²) in [6.45, 7) is 1.98. The van der Waals surface area contributed by atoms with Crippen LogP contribution in [0, 0.1) is 5.92 Å². The van der Waals surface area contributed by atoms with Gasteiger partial charge in [0.05, 0.1) is 0 Å². The summed E-state index contributed by atoms with van der Waals surface area (Å²) in [5, 5.41) is 5.56. The van der Waals surface area contributed by atoms with Crippen LogP contribution in [0.4, 0.5) is 24.8 Å². The third-order valence-electron chi connectivity index (χ3n) is 3.15. The molecule has 1 aliphatic rings. The van der Waals surface area contributed by atoms with E-state index >= 15 is 0 Å². The van der Waals surface area contributed by atoms with Gasteiger partial charge in [-0.25, -0.2) is 9.97 Å². The van der Waals surface area contributed by atoms with Crippen LogP contribution in [0.2, 0.25) is 0 Å². The van der Waals surface area contributed by atoms with Gasteiger partial charge < -0.3 is 15.4 Å². The van der Waals surface area contributed by atoms with Gasteiger partial charge in [0.1, 0.15) is 11.6 Å². The number of alkyl halides is 3. The van der Waals surface area contributed by atoms with Crippen molar-refractivity contribution in [2.45, 2.75) is 19.0 Å². The second-order valence-corrected chi connectivity index (χ2v) is 4.65. The zero-order chi connectivity index (χ0) is 14.6. The minimum Gasteiger partial charge on any atom is -0.381 e. The van der Waals surface area contributed by atoms with E-state index in [0.717, 1.165) is 12.8 Å². The van der Waals surface area contributed by atoms with Crippen LogP contribution in [0.25, 0.3) is 0 Å². The number of rotatable bonds is 4. The number of hydrogen-bond acceptors (Lipinski definition) is 5. The minimum absolute atomic E-state index is 0.141. The van der Waals surface area contributed by atoms with Crippen LogP contribution in [0.1, 0.15) is 18.7 Å². The van der Waals surface area contributed by atoms with Crippen molar-refractivity contribution in [1.29, 1.82) is 0 Å². The second-order valence-electron chi connectivity index (χ2n) is 4.65. The molecule has 0 aliphatic carbocycles. The van der Waals surface area contributed by atoms with E-state index in [-0.39, 0.29) is 11.6 Å². The van der Waals surface area contributed by atoms with Crippen LogP contribution in [0.5, 0.6) is 0 Å². The Morgan fingerprint density at radius 3 is 2.50 bits per heavy atom. The van der Waals surface area contributed by atoms with E-state index in [1.54, 1.807) is 0 Å². The Morgan fingerprint density at radius 2 is 1.90 bits per heavy atom. The first-order valence-electron chi connectivity index (χ1n) is 6.44. The van der Waals surface area contributed by atoms with Crippen LogP contribution in [0.3, 0.4) is 0 Å². The molecule has 0 aromatic carbocycles. The van der Waals surface area contributed by atoms with Crippen molar-refractivity contribution in [2.24, 2.45) is 5.92 Å². The summed E-state index contributed by atoms with van der Waals surface area (Å²) in [4.78, 5) is 6.93. The molecule has 1 aliphatic heterocycles. The lowest BCUT2D eigenvalue weighted by molar-refractivity contribution is -0.144. The molecular formula is C12H17F3N4O. The molecule has 5 nitrogen and oxygen atoms in total. The second kappa shape index (κ2) is 6.25. The summed E-state index contributed by atoms with van der Waals surface area (Å²) >= 11 is 0. The molecule has 0 atom stereocenters. The van der Waals surface area contributed by atoms with Crippen molar-refractivity contribution in [3.8, 4) is 0 Å². The lowest BCUT2D eigenvalue weighted by atomic mass is 10.0. The van der Waals surface area contributed by atoms with Crippen LogP contribution in [0.15, 0.2) is 6.07 Å². The van der Waals surface area contributed by atoms with Gasteiger partial charge in [-0.2, -0.15) is 13.2 Å². The monoisotopic (exact) mass is 290 g/mol. The highest BCUT2D eigenvalue weighted by Gasteiger charge is 2.35. The average molecular weight is 290 g/mol. The lowest BCUT2D eigenvalue weighted by Gasteiger charge is -2.22. The molecular weight excluding hydrogens is 273 g/mol. The van der Waals surface area contributed by atoms with Crippen LogP contribution >= 0.6 is 0 Å². The highest BCUT2D eigenvalue weighted by molar-refractivity contribution is 5.47. The van der Waals surface area contributed by atoms with E-state index in [1.165, 1.54) is 13.1 Å². The van der Waals surface area contributed by atoms with Gasteiger partial charge in [0.25, 0.3) is 0 Å². The van der Waals surface area contributed by atoms with Crippen molar-refractivity contribution >= 4 is 11.6 Å². The molecule has 20 heavy (non-hydrogen) atoms. The topological polar surface area (TPSA) is 59.1 Å². The summed E-state index contributed by atoms with van der Waals surface area (Å²) in [5.74, 6) is -0.421. The third-order valence-corrected chi connectivity index (χ3v) is 3.15. The number of nitrogens with zero attached hydrogens (tertiary/aromatic N) is 2. The maximum absolute atomic E-state index is 12.7. The third kappa shape index (κ3) is 3.96. The molecule has 8 heteroatoms. The number of hydrogen-bond donors (Lipinski definition) is 2. The molecule has 0 spiro atoms. The van der Waals surface area contributed by atoms with Gasteiger partial charge in [0, 0.05) is 32.9 Å². The highest BCUT2D eigenvalue weighted by Crippen LogP contribution is 2.28. The summed E-state index contributed by atoms with van der Waals surface area (Å²) < 4.78 is 43.3. The average Bonchev–Trinajstić information content (AvgIpc) is 2.45. The predicted octanol–water partition coefficient (Wildman–Crippen LogP) is 2.38. The molecule has 0 radical (unpaired) electrons. The fraction of sp³-hybridized carbons (Fsp3) is 0.667. The Labute approximate surface area is 114 Å². The molecule has 112 valence electrons. The number of aromatic nitrogens is 2. The quantitative estimate of drug-likeness (QED) is 0.891. The van der Waals surface area contributed by atoms with E-state index in [2.05, 4.69) is 20.6 Å². The van der Waals surface area contributed by atoms with Crippen molar-refractivity contribution in [1.82, 2.24) is 9.97 Å². The number of nitrogens with one attached hydrogen (secondary N) is 2. The Morgan fingerprint density at radius 1 is 1.25 bits per heavy atom. The van der Waals surface area contributed by atoms with Gasteiger partial charge in [-0.3, -0.25) is 0 Å². The van der Waals surface area contributed by atoms with Gasteiger partial charge in [-0.1, -0.05) is 0 Å². The standard InChI is InChI=1S/C12H17F3N4O/c1-16-9-6-10(19-11(18-9)12(13,14)15)17-7-8-2-4-20-5-3-8/h6,8H,2-5,7H2,1H3,(H2,16,17,18,19). The van der Waals surface area contributed by atoms with Gasteiger partial charge in [0.2, 0.25) is 5.82 Å². The first-order chi connectivity index (χ1) is 9.49. The summed E-state index contributed by atoms with van der Waals surface area (Å²) in [5.41, 5.74) is 0. The van der Waals surface area contributed by atoms with Crippen molar-refractivity contribution in [2.75, 3.05) is 37.4 Å². The number of halogens is 3. The minimum atomic E-state index is -4.55. The van der Waals surface area contributed by atoms with Gasteiger partial charge >= 0.3 is 6.18 Å². The summed E-state index contributed by atoms with van der Waals surface area (Å²) in [6.07, 6.45) is -2.74. The first kappa shape index (κ1) is 14.8. The molecule has 1 saturated heterocycles. The van der Waals surface area contributed by atoms with E-state index in [9.17, 15) is 13.2 Å². The van der Waals surface area contributed by atoms with Crippen molar-refractivity contribution < 1.29 is 17.9 Å². The van der Waals surface area contributed by atoms with E-state index in [0.29, 0.717) is 25.7 Å². The molecule has 2 heterocycles. The molecule has 1 aromatic heterocycles. The van der Waals surface area contributed by atoms with E-state index in [4.69, 9.17) is 4.74 Å². The summed E-state index contributed by atoms with van der Waals surface area (Å²) in [6, 6.07) is 1.47. The molecule has 0 unspecified atom stereocenters. The molecule has 0 amide bonds. The normalized spacial score (nSPS) is 17.0. The molecule has 2 N–H and O–H groups in total. The zero-order valence-electron chi connectivity index (χ0n) is 11.1. The molecule has 0 bridgehead atoms. The fourth-order valence-electron chi connectivity index (χ4n) is 1.99. The Balaban J connectivity index is 2.06. The molecule has 1 fully saturated rings. The van der Waals surface area contributed by atoms with Crippen molar-refractivity contribution in [3.63, 3.8) is 0 Å². The molecule has 2 rings (SSSR count). The van der Waals surface area contributed by atoms with Crippen molar-refractivity contribution in [3.05, 3.63) is 11.9 Å². The summed E-state index contributed by atoms with van der Waals surface area (Å²) in [7, 11) is 1.52. The Hall–Kier alpha value is -1.57. The van der Waals surface area contributed by atoms with Crippen LogP contribution < -0.4 is 10.6 Å². The SMILES string of the molecule is CNc1cc(NCC2CCOCC2)nc(C(F)(F)F)n1. The van der Waals surface area contributed by atoms with E-state index in [1.807, 2.05) is 0 Å². The predicted molar refractivity (Wildman–Crippen MR) is 68.6 cm³/mol. The smallest absolute Gasteiger partial charge is 0.381 e. The molecule has 1 aromatic rings. The molecule has 0 saturated carbocycles. The van der Waals surface area contributed by atoms with Gasteiger partial charge in [0.15, 0.2) is 0 Å². The van der Waals surface area contributed by atoms with Gasteiger partial charge in [-0.15, -0.1) is 0 Å². The Bertz CT molecular complexity index is 447. The largest absolute Gasteiger partial charge is 0.451 e. The van der Waals surface area contributed by atoms with Crippen LogP contribution in [-0.2, 0) is 10.9 Å². The van der Waals surface area contributed by atoms with Gasteiger partial charge in [-0.05, 0) is 18.8 Å². The van der Waals surface area contributed by atoms with E-state index < -0.39 is 12.0 Å². The number of anilines is 2. The maximum Gasteiger partial charge on any atom is 0.451 e. The first-order valence-corrected chi connectivity index (χ1v) is 6.44. The number of ether oxygens (including phenoxy) is 1. The Kier molecular flexibility index (Phi) is 4.64. The lowest BCUT2D eigenvalue weighted by Crippen LogP contribution is -2.23. The van der Waals surface area contributed by atoms with Crippen LogP contribution in [-0.4, -0.2) is 36.8 Å².